The number of piperidine rings is 1. The molecule has 2 heterocycles. The minimum Gasteiger partial charge on any atom is -0.465 e. The Hall–Kier alpha value is -1.48. The van der Waals surface area contributed by atoms with Crippen molar-refractivity contribution in [3.63, 3.8) is 0 Å². The Bertz CT molecular complexity index is 889. The van der Waals surface area contributed by atoms with E-state index in [-0.39, 0.29) is 21.7 Å². The number of nitrogens with zero attached hydrogens (tertiary/aromatic N) is 1. The van der Waals surface area contributed by atoms with Gasteiger partial charge in [-0.25, -0.2) is 13.2 Å². The molecule has 0 radical (unpaired) electrons. The van der Waals surface area contributed by atoms with E-state index < -0.39 is 16.0 Å². The first-order valence-corrected chi connectivity index (χ1v) is 10.5. The topological polar surface area (TPSA) is 89.7 Å². The summed E-state index contributed by atoms with van der Waals surface area (Å²) in [6.07, 6.45) is 1.68. The van der Waals surface area contributed by atoms with Gasteiger partial charge in [0.05, 0.1) is 7.11 Å². The van der Waals surface area contributed by atoms with E-state index in [1.807, 2.05) is 19.1 Å². The fourth-order valence-electron chi connectivity index (χ4n) is 3.26. The van der Waals surface area contributed by atoms with Gasteiger partial charge in [-0.2, -0.15) is 4.31 Å². The van der Waals surface area contributed by atoms with Gasteiger partial charge in [0.2, 0.25) is 10.0 Å². The Morgan fingerprint density at radius 1 is 1.40 bits per heavy atom. The molecule has 2 N–H and O–H groups in total. The Morgan fingerprint density at radius 2 is 2.12 bits per heavy atom. The van der Waals surface area contributed by atoms with Gasteiger partial charge in [-0.1, -0.05) is 18.2 Å². The van der Waals surface area contributed by atoms with E-state index in [1.54, 1.807) is 12.1 Å². The number of thiophene rings is 1. The minimum atomic E-state index is -3.81. The highest BCUT2D eigenvalue weighted by Gasteiger charge is 2.36. The Morgan fingerprint density at radius 3 is 2.80 bits per heavy atom. The number of hydrogen-bond donors (Lipinski definition) is 1. The van der Waals surface area contributed by atoms with E-state index in [2.05, 4.69) is 0 Å². The van der Waals surface area contributed by atoms with Crippen molar-refractivity contribution < 1.29 is 17.9 Å². The maximum atomic E-state index is 13.4. The van der Waals surface area contributed by atoms with Crippen LogP contribution in [0.15, 0.2) is 29.2 Å². The smallest absolute Gasteiger partial charge is 0.349 e. The number of ether oxygens (including phenoxy) is 1. The lowest BCUT2D eigenvalue weighted by Crippen LogP contribution is -2.45. The molecular formula is C17H22N2O4S2. The van der Waals surface area contributed by atoms with E-state index in [9.17, 15) is 13.2 Å². The standard InChI is InChI=1S/C17H22N2O4S2/c1-11(18)12-6-5-9-19(10-12)25(21,22)16-13-7-3-4-8-14(13)24-15(16)17(20)23-2/h3-4,7-8,11-12H,5-6,9-10,18H2,1-2H3. The van der Waals surface area contributed by atoms with E-state index >= 15 is 0 Å². The number of rotatable bonds is 4. The largest absolute Gasteiger partial charge is 0.465 e. The van der Waals surface area contributed by atoms with Crippen LogP contribution in [-0.4, -0.2) is 44.9 Å². The summed E-state index contributed by atoms with van der Waals surface area (Å²) in [6, 6.07) is 7.07. The number of nitrogens with two attached hydrogens (primary N) is 1. The molecule has 1 saturated heterocycles. The van der Waals surface area contributed by atoms with Crippen molar-refractivity contribution in [3.8, 4) is 0 Å². The maximum absolute atomic E-state index is 13.4. The zero-order chi connectivity index (χ0) is 18.2. The van der Waals surface area contributed by atoms with Crippen molar-refractivity contribution in [2.75, 3.05) is 20.2 Å². The van der Waals surface area contributed by atoms with Gasteiger partial charge in [-0.15, -0.1) is 11.3 Å². The van der Waals surface area contributed by atoms with E-state index in [0.29, 0.717) is 18.5 Å². The molecule has 1 fully saturated rings. The monoisotopic (exact) mass is 382 g/mol. The molecule has 1 aromatic heterocycles. The molecule has 25 heavy (non-hydrogen) atoms. The number of esters is 1. The lowest BCUT2D eigenvalue weighted by molar-refractivity contribution is 0.0602. The first kappa shape index (κ1) is 18.3. The van der Waals surface area contributed by atoms with Gasteiger partial charge in [-0.05, 0) is 31.7 Å². The second kappa shape index (κ2) is 7.03. The Kier molecular flexibility index (Phi) is 5.15. The van der Waals surface area contributed by atoms with E-state index in [0.717, 1.165) is 28.9 Å². The zero-order valence-electron chi connectivity index (χ0n) is 14.3. The van der Waals surface area contributed by atoms with Crippen LogP contribution in [-0.2, 0) is 14.8 Å². The van der Waals surface area contributed by atoms with Crippen LogP contribution in [0.1, 0.15) is 29.4 Å². The van der Waals surface area contributed by atoms with Crippen LogP contribution in [0, 0.1) is 5.92 Å². The van der Waals surface area contributed by atoms with Crippen molar-refractivity contribution in [2.45, 2.75) is 30.7 Å². The van der Waals surface area contributed by atoms with Gasteiger partial charge in [0.1, 0.15) is 9.77 Å². The third kappa shape index (κ3) is 3.31. The van der Waals surface area contributed by atoms with Gasteiger partial charge in [0.25, 0.3) is 0 Å². The van der Waals surface area contributed by atoms with Gasteiger partial charge in [-0.3, -0.25) is 0 Å². The maximum Gasteiger partial charge on any atom is 0.349 e. The quantitative estimate of drug-likeness (QED) is 0.820. The Labute approximate surface area is 151 Å². The fraction of sp³-hybridized carbons (Fsp3) is 0.471. The number of carbonyl (C=O) groups excluding carboxylic acids is 1. The average molecular weight is 383 g/mol. The first-order chi connectivity index (χ1) is 11.9. The third-order valence-electron chi connectivity index (χ3n) is 4.68. The van der Waals surface area contributed by atoms with Crippen LogP contribution in [0.5, 0.6) is 0 Å². The minimum absolute atomic E-state index is 0.0604. The number of hydrogen-bond acceptors (Lipinski definition) is 6. The van der Waals surface area contributed by atoms with Gasteiger partial charge in [0, 0.05) is 29.2 Å². The highest BCUT2D eigenvalue weighted by Crippen LogP contribution is 2.38. The lowest BCUT2D eigenvalue weighted by Gasteiger charge is -2.33. The van der Waals surface area contributed by atoms with Crippen molar-refractivity contribution in [1.82, 2.24) is 4.31 Å². The number of fused-ring (bicyclic) bond motifs is 1. The molecule has 136 valence electrons. The molecule has 2 aromatic rings. The number of sulfonamides is 1. The third-order valence-corrected chi connectivity index (χ3v) is 7.91. The highest BCUT2D eigenvalue weighted by molar-refractivity contribution is 7.89. The summed E-state index contributed by atoms with van der Waals surface area (Å²) in [6.45, 7) is 2.72. The molecule has 0 saturated carbocycles. The summed E-state index contributed by atoms with van der Waals surface area (Å²) in [5.41, 5.74) is 5.99. The predicted molar refractivity (Wildman–Crippen MR) is 98.3 cm³/mol. The van der Waals surface area contributed by atoms with Crippen LogP contribution in [0.2, 0.25) is 0 Å². The summed E-state index contributed by atoms with van der Waals surface area (Å²) in [5, 5.41) is 0.566. The predicted octanol–water partition coefficient (Wildman–Crippen LogP) is 2.44. The molecule has 0 amide bonds. The van der Waals surface area contributed by atoms with Crippen LogP contribution in [0.4, 0.5) is 0 Å². The molecule has 1 aromatic carbocycles. The summed E-state index contributed by atoms with van der Waals surface area (Å²) in [4.78, 5) is 12.4. The number of benzene rings is 1. The average Bonchev–Trinajstić information content (AvgIpc) is 3.01. The van der Waals surface area contributed by atoms with Crippen LogP contribution < -0.4 is 5.73 Å². The van der Waals surface area contributed by atoms with E-state index in [1.165, 1.54) is 11.4 Å². The van der Waals surface area contributed by atoms with Gasteiger partial charge in [0.15, 0.2) is 0 Å². The molecule has 3 rings (SSSR count). The first-order valence-electron chi connectivity index (χ1n) is 8.22. The van der Waals surface area contributed by atoms with E-state index in [4.69, 9.17) is 10.5 Å². The summed E-state index contributed by atoms with van der Waals surface area (Å²) in [5.74, 6) is -0.504. The molecule has 0 spiro atoms. The molecule has 1 aliphatic rings. The van der Waals surface area contributed by atoms with Crippen LogP contribution >= 0.6 is 11.3 Å². The molecule has 1 aliphatic heterocycles. The van der Waals surface area contributed by atoms with Crippen molar-refractivity contribution in [1.29, 1.82) is 0 Å². The summed E-state index contributed by atoms with van der Waals surface area (Å²) in [7, 11) is -2.55. The van der Waals surface area contributed by atoms with Crippen molar-refractivity contribution >= 4 is 37.4 Å². The second-order valence-electron chi connectivity index (χ2n) is 6.37. The molecular weight excluding hydrogens is 360 g/mol. The van der Waals surface area contributed by atoms with Crippen molar-refractivity contribution in [2.24, 2.45) is 11.7 Å². The highest BCUT2D eigenvalue weighted by atomic mass is 32.2. The molecule has 2 unspecified atom stereocenters. The zero-order valence-corrected chi connectivity index (χ0v) is 15.9. The van der Waals surface area contributed by atoms with Crippen LogP contribution in [0.25, 0.3) is 10.1 Å². The second-order valence-corrected chi connectivity index (χ2v) is 9.30. The molecule has 0 bridgehead atoms. The molecule has 0 aliphatic carbocycles. The number of carbonyl (C=O) groups is 1. The molecule has 6 nitrogen and oxygen atoms in total. The fourth-order valence-corrected chi connectivity index (χ4v) is 6.57. The van der Waals surface area contributed by atoms with Gasteiger partial charge < -0.3 is 10.5 Å². The Balaban J connectivity index is 2.12. The molecule has 8 heteroatoms. The number of methoxy groups -OCH3 is 1. The van der Waals surface area contributed by atoms with Crippen molar-refractivity contribution in [3.05, 3.63) is 29.1 Å². The lowest BCUT2D eigenvalue weighted by atomic mass is 9.93. The summed E-state index contributed by atoms with van der Waals surface area (Å²) >= 11 is 1.15. The SMILES string of the molecule is COC(=O)c1sc2ccccc2c1S(=O)(=O)N1CCCC(C(C)N)C1. The normalized spacial score (nSPS) is 20.5. The molecule has 2 atom stereocenters. The summed E-state index contributed by atoms with van der Waals surface area (Å²) < 4.78 is 33.7. The van der Waals surface area contributed by atoms with Gasteiger partial charge >= 0.3 is 5.97 Å². The van der Waals surface area contributed by atoms with Crippen LogP contribution in [0.3, 0.4) is 0 Å².